The summed E-state index contributed by atoms with van der Waals surface area (Å²) >= 11 is 0. The molecule has 1 aromatic heterocycles. The Kier molecular flexibility index (Phi) is 4.85. The lowest BCUT2D eigenvalue weighted by Gasteiger charge is -2.18. The molecule has 0 radical (unpaired) electrons. The van der Waals surface area contributed by atoms with Crippen LogP contribution in [0.25, 0.3) is 0 Å². The van der Waals surface area contributed by atoms with E-state index in [1.54, 1.807) is 7.11 Å². The van der Waals surface area contributed by atoms with E-state index in [0.717, 1.165) is 42.1 Å². The Morgan fingerprint density at radius 2 is 2.12 bits per heavy atom. The summed E-state index contributed by atoms with van der Waals surface area (Å²) in [6.45, 7) is 5.57. The van der Waals surface area contributed by atoms with Crippen molar-refractivity contribution in [3.63, 3.8) is 0 Å². The van der Waals surface area contributed by atoms with Crippen molar-refractivity contribution in [3.05, 3.63) is 41.3 Å². The molecule has 3 rings (SSSR count). The van der Waals surface area contributed by atoms with Crippen molar-refractivity contribution < 1.29 is 14.1 Å². The zero-order valence-corrected chi connectivity index (χ0v) is 14.3. The fourth-order valence-electron chi connectivity index (χ4n) is 3.03. The summed E-state index contributed by atoms with van der Waals surface area (Å²) in [5, 5.41) is 6.80. The number of benzene rings is 1. The maximum atomic E-state index is 12.2. The van der Waals surface area contributed by atoms with Crippen LogP contribution in [-0.4, -0.2) is 37.4 Å². The third-order valence-electron chi connectivity index (χ3n) is 4.51. The molecule has 24 heavy (non-hydrogen) atoms. The first-order valence-electron chi connectivity index (χ1n) is 8.16. The minimum atomic E-state index is -0.0715. The van der Waals surface area contributed by atoms with E-state index in [2.05, 4.69) is 15.4 Å². The second-order valence-corrected chi connectivity index (χ2v) is 6.17. The Hall–Kier alpha value is -2.34. The number of nitrogens with zero attached hydrogens (tertiary/aromatic N) is 2. The van der Waals surface area contributed by atoms with E-state index in [0.29, 0.717) is 11.9 Å². The summed E-state index contributed by atoms with van der Waals surface area (Å²) in [4.78, 5) is 14.5. The van der Waals surface area contributed by atoms with Gasteiger partial charge in [-0.2, -0.15) is 0 Å². The zero-order chi connectivity index (χ0) is 17.1. The first kappa shape index (κ1) is 16.5. The fraction of sp³-hybridized carbons (Fsp3) is 0.444. The summed E-state index contributed by atoms with van der Waals surface area (Å²) in [5.74, 6) is 0.623. The highest BCUT2D eigenvalue weighted by Crippen LogP contribution is 2.23. The van der Waals surface area contributed by atoms with Crippen molar-refractivity contribution in [1.82, 2.24) is 5.16 Å². The van der Waals surface area contributed by atoms with Gasteiger partial charge in [-0.3, -0.25) is 4.79 Å². The van der Waals surface area contributed by atoms with Crippen LogP contribution in [0.5, 0.6) is 0 Å². The second-order valence-electron chi connectivity index (χ2n) is 6.17. The average Bonchev–Trinajstić information content (AvgIpc) is 3.18. The van der Waals surface area contributed by atoms with Crippen molar-refractivity contribution >= 4 is 17.3 Å². The third kappa shape index (κ3) is 3.59. The number of rotatable bonds is 5. The minimum absolute atomic E-state index is 0.0715. The number of hydrogen-bond acceptors (Lipinski definition) is 5. The highest BCUT2D eigenvalue weighted by Gasteiger charge is 2.22. The SMILES string of the molecule is COC1CCN(c2ccc(NC(=O)Cc3c(C)noc3C)cc2)C1. The maximum absolute atomic E-state index is 12.2. The normalized spacial score (nSPS) is 17.3. The predicted octanol–water partition coefficient (Wildman–Crippen LogP) is 2.70. The highest BCUT2D eigenvalue weighted by atomic mass is 16.5. The van der Waals surface area contributed by atoms with Gasteiger partial charge in [0.2, 0.25) is 5.91 Å². The summed E-state index contributed by atoms with van der Waals surface area (Å²) in [6.07, 6.45) is 1.62. The van der Waals surface area contributed by atoms with Gasteiger partial charge in [0, 0.05) is 37.1 Å². The van der Waals surface area contributed by atoms with E-state index >= 15 is 0 Å². The van der Waals surface area contributed by atoms with Crippen molar-refractivity contribution in [3.8, 4) is 0 Å². The minimum Gasteiger partial charge on any atom is -0.380 e. The lowest BCUT2D eigenvalue weighted by molar-refractivity contribution is -0.115. The van der Waals surface area contributed by atoms with Crippen LogP contribution in [0, 0.1) is 13.8 Å². The number of aryl methyl sites for hydroxylation is 2. The van der Waals surface area contributed by atoms with Gasteiger partial charge in [0.25, 0.3) is 0 Å². The molecule has 1 atom stereocenters. The lowest BCUT2D eigenvalue weighted by Crippen LogP contribution is -2.22. The summed E-state index contributed by atoms with van der Waals surface area (Å²) in [7, 11) is 1.76. The van der Waals surface area contributed by atoms with Gasteiger partial charge in [0.15, 0.2) is 0 Å². The molecular weight excluding hydrogens is 306 g/mol. The molecule has 1 aromatic carbocycles. The van der Waals surface area contributed by atoms with Crippen LogP contribution in [0.15, 0.2) is 28.8 Å². The third-order valence-corrected chi connectivity index (χ3v) is 4.51. The van der Waals surface area contributed by atoms with Gasteiger partial charge in [-0.05, 0) is 44.5 Å². The van der Waals surface area contributed by atoms with Gasteiger partial charge in [0.05, 0.1) is 18.2 Å². The summed E-state index contributed by atoms with van der Waals surface area (Å²) in [6, 6.07) is 7.93. The van der Waals surface area contributed by atoms with E-state index < -0.39 is 0 Å². The summed E-state index contributed by atoms with van der Waals surface area (Å²) in [5.41, 5.74) is 3.56. The van der Waals surface area contributed by atoms with Gasteiger partial charge in [-0.15, -0.1) is 0 Å². The number of amides is 1. The number of methoxy groups -OCH3 is 1. The standard InChI is InChI=1S/C18H23N3O3/c1-12-17(13(2)24-20-12)10-18(22)19-14-4-6-15(7-5-14)21-9-8-16(11-21)23-3/h4-7,16H,8-11H2,1-3H3,(H,19,22). The van der Waals surface area contributed by atoms with E-state index in [4.69, 9.17) is 9.26 Å². The number of anilines is 2. The Labute approximate surface area is 141 Å². The van der Waals surface area contributed by atoms with Crippen molar-refractivity contribution in [2.75, 3.05) is 30.4 Å². The number of aromatic nitrogens is 1. The smallest absolute Gasteiger partial charge is 0.228 e. The van der Waals surface area contributed by atoms with Gasteiger partial charge in [0.1, 0.15) is 5.76 Å². The molecule has 6 nitrogen and oxygen atoms in total. The van der Waals surface area contributed by atoms with Crippen LogP contribution in [-0.2, 0) is 16.0 Å². The molecule has 1 amide bonds. The zero-order valence-electron chi connectivity index (χ0n) is 14.3. The number of hydrogen-bond donors (Lipinski definition) is 1. The van der Waals surface area contributed by atoms with Gasteiger partial charge >= 0.3 is 0 Å². The topological polar surface area (TPSA) is 67.6 Å². The lowest BCUT2D eigenvalue weighted by atomic mass is 10.1. The molecule has 128 valence electrons. The van der Waals surface area contributed by atoms with Gasteiger partial charge < -0.3 is 19.5 Å². The first-order valence-corrected chi connectivity index (χ1v) is 8.16. The molecular formula is C18H23N3O3. The molecule has 1 saturated heterocycles. The fourth-order valence-corrected chi connectivity index (χ4v) is 3.03. The average molecular weight is 329 g/mol. The van der Waals surface area contributed by atoms with Crippen LogP contribution in [0.2, 0.25) is 0 Å². The van der Waals surface area contributed by atoms with Crippen molar-refractivity contribution in [2.45, 2.75) is 32.8 Å². The molecule has 0 bridgehead atoms. The molecule has 1 fully saturated rings. The molecule has 0 saturated carbocycles. The van der Waals surface area contributed by atoms with E-state index in [1.807, 2.05) is 38.1 Å². The molecule has 2 aromatic rings. The van der Waals surface area contributed by atoms with Crippen LogP contribution in [0.1, 0.15) is 23.4 Å². The van der Waals surface area contributed by atoms with Crippen molar-refractivity contribution in [1.29, 1.82) is 0 Å². The summed E-state index contributed by atoms with van der Waals surface area (Å²) < 4.78 is 10.5. The quantitative estimate of drug-likeness (QED) is 0.913. The number of ether oxygens (including phenoxy) is 1. The number of nitrogens with one attached hydrogen (secondary N) is 1. The van der Waals surface area contributed by atoms with E-state index in [9.17, 15) is 4.79 Å². The van der Waals surface area contributed by atoms with Crippen LogP contribution < -0.4 is 10.2 Å². The Morgan fingerprint density at radius 3 is 2.71 bits per heavy atom. The number of carbonyl (C=O) groups excluding carboxylic acids is 1. The second kappa shape index (κ2) is 7.05. The molecule has 1 aliphatic rings. The molecule has 1 aliphatic heterocycles. The largest absolute Gasteiger partial charge is 0.380 e. The monoisotopic (exact) mass is 329 g/mol. The van der Waals surface area contributed by atoms with E-state index in [1.165, 1.54) is 0 Å². The Bertz CT molecular complexity index is 689. The van der Waals surface area contributed by atoms with Crippen LogP contribution in [0.4, 0.5) is 11.4 Å². The van der Waals surface area contributed by atoms with Crippen LogP contribution in [0.3, 0.4) is 0 Å². The van der Waals surface area contributed by atoms with E-state index in [-0.39, 0.29) is 12.3 Å². The van der Waals surface area contributed by atoms with Gasteiger partial charge in [-0.25, -0.2) is 0 Å². The maximum Gasteiger partial charge on any atom is 0.228 e. The first-order chi connectivity index (χ1) is 11.6. The molecule has 6 heteroatoms. The van der Waals surface area contributed by atoms with Crippen LogP contribution >= 0.6 is 0 Å². The van der Waals surface area contributed by atoms with Gasteiger partial charge in [-0.1, -0.05) is 5.16 Å². The number of carbonyl (C=O) groups is 1. The molecule has 1 N–H and O–H groups in total. The molecule has 0 spiro atoms. The Morgan fingerprint density at radius 1 is 1.38 bits per heavy atom. The Balaban J connectivity index is 1.59. The molecule has 0 aliphatic carbocycles. The molecule has 1 unspecified atom stereocenters. The predicted molar refractivity (Wildman–Crippen MR) is 92.4 cm³/mol. The van der Waals surface area contributed by atoms with Crippen molar-refractivity contribution in [2.24, 2.45) is 0 Å². The molecule has 2 heterocycles. The highest BCUT2D eigenvalue weighted by molar-refractivity contribution is 5.92.